The molecule has 2 heterocycles. The van der Waals surface area contributed by atoms with Crippen molar-refractivity contribution >= 4 is 22.9 Å². The third kappa shape index (κ3) is 2.81. The van der Waals surface area contributed by atoms with Gasteiger partial charge in [0.1, 0.15) is 11.3 Å². The lowest BCUT2D eigenvalue weighted by atomic mass is 10.2. The first kappa shape index (κ1) is 14.9. The molecule has 1 N–H and O–H groups in total. The highest BCUT2D eigenvalue weighted by Gasteiger charge is 2.31. The Morgan fingerprint density at radius 3 is 2.73 bits per heavy atom. The van der Waals surface area contributed by atoms with Crippen molar-refractivity contribution in [2.45, 2.75) is 18.0 Å². The van der Waals surface area contributed by atoms with Crippen LogP contribution in [0.5, 0.6) is 0 Å². The lowest BCUT2D eigenvalue weighted by Crippen LogP contribution is -2.05. The molecule has 0 aliphatic rings. The summed E-state index contributed by atoms with van der Waals surface area (Å²) in [6.45, 7) is 2.04. The van der Waals surface area contributed by atoms with Crippen molar-refractivity contribution in [2.24, 2.45) is 0 Å². The van der Waals surface area contributed by atoms with Gasteiger partial charge in [0, 0.05) is 16.7 Å². The van der Waals surface area contributed by atoms with E-state index in [0.717, 1.165) is 28.5 Å². The number of H-pyrrole nitrogens is 1. The lowest BCUT2D eigenvalue weighted by Gasteiger charge is -2.04. The molecule has 2 aromatic heterocycles. The third-order valence-corrected chi connectivity index (χ3v) is 4.06. The number of alkyl halides is 3. The van der Waals surface area contributed by atoms with Crippen LogP contribution < -0.4 is 0 Å². The minimum atomic E-state index is -4.42. The smallest absolute Gasteiger partial charge is 0.323 e. The SMILES string of the molecule is CCSc1ccccc1-c1nc2cc(C(F)(F)F)cnc2[nH]1. The minimum absolute atomic E-state index is 0.209. The molecule has 0 fully saturated rings. The van der Waals surface area contributed by atoms with E-state index < -0.39 is 11.7 Å². The molecule has 3 nitrogen and oxygen atoms in total. The van der Waals surface area contributed by atoms with E-state index in [1.165, 1.54) is 0 Å². The third-order valence-electron chi connectivity index (χ3n) is 3.11. The maximum Gasteiger partial charge on any atom is 0.417 e. The van der Waals surface area contributed by atoms with Crippen LogP contribution in [0.15, 0.2) is 41.4 Å². The summed E-state index contributed by atoms with van der Waals surface area (Å²) < 4.78 is 38.2. The van der Waals surface area contributed by atoms with E-state index in [1.54, 1.807) is 11.8 Å². The number of nitrogens with one attached hydrogen (secondary N) is 1. The maximum atomic E-state index is 12.7. The number of hydrogen-bond acceptors (Lipinski definition) is 3. The summed E-state index contributed by atoms with van der Waals surface area (Å²) in [4.78, 5) is 12.1. The molecule has 3 aromatic rings. The molecule has 0 saturated carbocycles. The topological polar surface area (TPSA) is 41.6 Å². The summed E-state index contributed by atoms with van der Waals surface area (Å²) in [5.74, 6) is 1.42. The first-order valence-corrected chi connectivity index (χ1v) is 7.62. The fourth-order valence-corrected chi connectivity index (χ4v) is 2.93. The number of pyridine rings is 1. The van der Waals surface area contributed by atoms with Gasteiger partial charge in [-0.3, -0.25) is 0 Å². The van der Waals surface area contributed by atoms with E-state index >= 15 is 0 Å². The number of halogens is 3. The quantitative estimate of drug-likeness (QED) is 0.707. The molecule has 0 bridgehead atoms. The van der Waals surface area contributed by atoms with Gasteiger partial charge in [0.05, 0.1) is 5.56 Å². The first-order chi connectivity index (χ1) is 10.5. The van der Waals surface area contributed by atoms with Gasteiger partial charge in [0.25, 0.3) is 0 Å². The van der Waals surface area contributed by atoms with Crippen LogP contribution in [0, 0.1) is 0 Å². The maximum absolute atomic E-state index is 12.7. The molecule has 0 unspecified atom stereocenters. The van der Waals surface area contributed by atoms with Gasteiger partial charge < -0.3 is 4.98 Å². The number of aromatic nitrogens is 3. The van der Waals surface area contributed by atoms with Crippen LogP contribution in [0.3, 0.4) is 0 Å². The zero-order chi connectivity index (χ0) is 15.7. The van der Waals surface area contributed by atoms with E-state index in [9.17, 15) is 13.2 Å². The molecule has 1 aromatic carbocycles. The zero-order valence-electron chi connectivity index (χ0n) is 11.6. The van der Waals surface area contributed by atoms with Gasteiger partial charge >= 0.3 is 6.18 Å². The average Bonchev–Trinajstić information content (AvgIpc) is 2.90. The number of thioether (sulfide) groups is 1. The number of nitrogens with zero attached hydrogens (tertiary/aromatic N) is 2. The van der Waals surface area contributed by atoms with Gasteiger partial charge in [-0.15, -0.1) is 11.8 Å². The predicted molar refractivity (Wildman–Crippen MR) is 80.7 cm³/mol. The van der Waals surface area contributed by atoms with Gasteiger partial charge in [-0.1, -0.05) is 25.1 Å². The van der Waals surface area contributed by atoms with Crippen molar-refractivity contribution < 1.29 is 13.2 Å². The van der Waals surface area contributed by atoms with Crippen LogP contribution in [-0.2, 0) is 6.18 Å². The number of rotatable bonds is 3. The van der Waals surface area contributed by atoms with Gasteiger partial charge in [0.2, 0.25) is 0 Å². The largest absolute Gasteiger partial charge is 0.417 e. The van der Waals surface area contributed by atoms with Gasteiger partial charge in [-0.25, -0.2) is 9.97 Å². The summed E-state index contributed by atoms with van der Waals surface area (Å²) in [5, 5.41) is 0. The van der Waals surface area contributed by atoms with Crippen molar-refractivity contribution in [3.63, 3.8) is 0 Å². The molecule has 0 aliphatic heterocycles. The fourth-order valence-electron chi connectivity index (χ4n) is 2.12. The molecule has 0 aliphatic carbocycles. The van der Waals surface area contributed by atoms with Crippen LogP contribution in [-0.4, -0.2) is 20.7 Å². The van der Waals surface area contributed by atoms with Gasteiger partial charge in [-0.2, -0.15) is 13.2 Å². The summed E-state index contributed by atoms with van der Waals surface area (Å²) >= 11 is 1.65. The Labute approximate surface area is 129 Å². The molecule has 0 atom stereocenters. The number of aromatic amines is 1. The Morgan fingerprint density at radius 1 is 1.23 bits per heavy atom. The molecule has 0 saturated heterocycles. The Kier molecular flexibility index (Phi) is 3.82. The van der Waals surface area contributed by atoms with Crippen molar-refractivity contribution in [1.29, 1.82) is 0 Å². The lowest BCUT2D eigenvalue weighted by molar-refractivity contribution is -0.137. The number of fused-ring (bicyclic) bond motifs is 1. The van der Waals surface area contributed by atoms with Crippen LogP contribution in [0.4, 0.5) is 13.2 Å². The van der Waals surface area contributed by atoms with E-state index in [1.807, 2.05) is 31.2 Å². The zero-order valence-corrected chi connectivity index (χ0v) is 12.4. The molecule has 3 rings (SSSR count). The monoisotopic (exact) mass is 323 g/mol. The average molecular weight is 323 g/mol. The van der Waals surface area contributed by atoms with E-state index in [0.29, 0.717) is 11.5 Å². The number of hydrogen-bond donors (Lipinski definition) is 1. The standard InChI is InChI=1S/C15H12F3N3S/c1-2-22-12-6-4-3-5-10(12)13-20-11-7-9(15(16,17)18)8-19-14(11)21-13/h3-8H,2H2,1H3,(H,19,20,21). The van der Waals surface area contributed by atoms with E-state index in [2.05, 4.69) is 15.0 Å². The summed E-state index contributed by atoms with van der Waals surface area (Å²) in [7, 11) is 0. The predicted octanol–water partition coefficient (Wildman–Crippen LogP) is 4.76. The van der Waals surface area contributed by atoms with Crippen LogP contribution >= 0.6 is 11.8 Å². The van der Waals surface area contributed by atoms with Gasteiger partial charge in [-0.05, 0) is 17.9 Å². The fraction of sp³-hybridized carbons (Fsp3) is 0.200. The molecular formula is C15H12F3N3S. The van der Waals surface area contributed by atoms with Crippen molar-refractivity contribution in [1.82, 2.24) is 15.0 Å². The molecule has 22 heavy (non-hydrogen) atoms. The molecule has 114 valence electrons. The second kappa shape index (κ2) is 5.64. The Balaban J connectivity index is 2.09. The number of imidazole rings is 1. The second-order valence-electron chi connectivity index (χ2n) is 4.60. The van der Waals surface area contributed by atoms with Crippen molar-refractivity contribution in [3.05, 3.63) is 42.1 Å². The molecule has 0 spiro atoms. The van der Waals surface area contributed by atoms with Crippen LogP contribution in [0.25, 0.3) is 22.6 Å². The Hall–Kier alpha value is -2.02. The molecule has 7 heteroatoms. The van der Waals surface area contributed by atoms with Crippen molar-refractivity contribution in [2.75, 3.05) is 5.75 Å². The van der Waals surface area contributed by atoms with Crippen LogP contribution in [0.2, 0.25) is 0 Å². The second-order valence-corrected chi connectivity index (χ2v) is 5.91. The highest BCUT2D eigenvalue weighted by atomic mass is 32.2. The Morgan fingerprint density at radius 2 is 2.00 bits per heavy atom. The summed E-state index contributed by atoms with van der Waals surface area (Å²) in [6.07, 6.45) is -3.60. The highest BCUT2D eigenvalue weighted by Crippen LogP contribution is 2.33. The van der Waals surface area contributed by atoms with Gasteiger partial charge in [0.15, 0.2) is 5.65 Å². The summed E-state index contributed by atoms with van der Waals surface area (Å²) in [5.41, 5.74) is 0.621. The highest BCUT2D eigenvalue weighted by molar-refractivity contribution is 7.99. The minimum Gasteiger partial charge on any atom is -0.323 e. The summed E-state index contributed by atoms with van der Waals surface area (Å²) in [6, 6.07) is 8.66. The Bertz CT molecular complexity index is 811. The molecule has 0 amide bonds. The van der Waals surface area contributed by atoms with E-state index in [-0.39, 0.29) is 5.52 Å². The number of benzene rings is 1. The molecular weight excluding hydrogens is 311 g/mol. The molecule has 0 radical (unpaired) electrons. The van der Waals surface area contributed by atoms with Crippen molar-refractivity contribution in [3.8, 4) is 11.4 Å². The van der Waals surface area contributed by atoms with Crippen LogP contribution in [0.1, 0.15) is 12.5 Å². The first-order valence-electron chi connectivity index (χ1n) is 6.64. The normalized spacial score (nSPS) is 12.0. The van der Waals surface area contributed by atoms with E-state index in [4.69, 9.17) is 0 Å².